The maximum absolute atomic E-state index is 11.9. The molecule has 0 aliphatic carbocycles. The first kappa shape index (κ1) is 15.2. The van der Waals surface area contributed by atoms with Gasteiger partial charge in [-0.2, -0.15) is 0 Å². The van der Waals surface area contributed by atoms with Gasteiger partial charge >= 0.3 is 5.97 Å². The van der Waals surface area contributed by atoms with E-state index in [1.807, 2.05) is 19.1 Å². The van der Waals surface area contributed by atoms with E-state index in [-0.39, 0.29) is 17.1 Å². The molecule has 2 rings (SSSR count). The van der Waals surface area contributed by atoms with Crippen LogP contribution in [0.15, 0.2) is 53.7 Å². The van der Waals surface area contributed by atoms with Crippen LogP contribution in [0.4, 0.5) is 5.69 Å². The van der Waals surface area contributed by atoms with Crippen molar-refractivity contribution in [3.63, 3.8) is 0 Å². The van der Waals surface area contributed by atoms with E-state index in [1.165, 1.54) is 24.3 Å². The van der Waals surface area contributed by atoms with Crippen molar-refractivity contribution in [1.29, 1.82) is 0 Å². The molecule has 0 spiro atoms. The number of rotatable bonds is 4. The summed E-state index contributed by atoms with van der Waals surface area (Å²) >= 11 is 0. The highest BCUT2D eigenvalue weighted by molar-refractivity contribution is 5.98. The smallest absolute Gasteiger partial charge is 0.372 e. The molecule has 0 saturated heterocycles. The number of nitrogens with two attached hydrogens (primary N) is 1. The number of nitrogens with zero attached hydrogens (tertiary/aromatic N) is 2. The van der Waals surface area contributed by atoms with E-state index in [2.05, 4.69) is 9.99 Å². The number of benzene rings is 2. The van der Waals surface area contributed by atoms with Gasteiger partial charge in [0.2, 0.25) is 0 Å². The lowest BCUT2D eigenvalue weighted by atomic mass is 10.1. The second-order valence-corrected chi connectivity index (χ2v) is 4.50. The molecule has 0 aliphatic heterocycles. The minimum absolute atomic E-state index is 0.00642. The molecule has 0 amide bonds. The number of carbonyl (C=O) groups excluding carboxylic acids is 1. The third kappa shape index (κ3) is 3.45. The summed E-state index contributed by atoms with van der Waals surface area (Å²) in [6.45, 7) is 1.92. The molecule has 0 heterocycles. The first-order valence-corrected chi connectivity index (χ1v) is 6.34. The predicted molar refractivity (Wildman–Crippen MR) is 80.4 cm³/mol. The molecule has 0 fully saturated rings. The minimum Gasteiger partial charge on any atom is -0.380 e. The molecule has 0 atom stereocenters. The average Bonchev–Trinajstić information content (AvgIpc) is 2.53. The largest absolute Gasteiger partial charge is 0.380 e. The van der Waals surface area contributed by atoms with Crippen LogP contribution in [0.3, 0.4) is 0 Å². The Labute approximate surface area is 126 Å². The van der Waals surface area contributed by atoms with Crippen LogP contribution in [-0.2, 0) is 4.84 Å². The van der Waals surface area contributed by atoms with Gasteiger partial charge < -0.3 is 10.6 Å². The number of hydrogen-bond donors (Lipinski definition) is 1. The van der Waals surface area contributed by atoms with Gasteiger partial charge in [-0.25, -0.2) is 4.79 Å². The number of para-hydroxylation sites is 1. The van der Waals surface area contributed by atoms with Gasteiger partial charge in [-0.1, -0.05) is 47.1 Å². The Morgan fingerprint density at radius 2 is 1.82 bits per heavy atom. The molecule has 0 radical (unpaired) electrons. The van der Waals surface area contributed by atoms with Crippen LogP contribution in [0.1, 0.15) is 21.5 Å². The van der Waals surface area contributed by atoms with Gasteiger partial charge in [-0.15, -0.1) is 0 Å². The van der Waals surface area contributed by atoms with Crippen molar-refractivity contribution in [2.24, 2.45) is 10.9 Å². The number of nitro groups is 1. The third-order valence-electron chi connectivity index (χ3n) is 2.89. The van der Waals surface area contributed by atoms with Crippen LogP contribution in [0.25, 0.3) is 0 Å². The predicted octanol–water partition coefficient (Wildman–Crippen LogP) is 2.38. The number of aryl methyl sites for hydroxylation is 1. The standard InChI is InChI=1S/C15H13N3O4/c1-10-6-8-11(9-7-10)14(16)17-22-15(19)12-4-2-3-5-13(12)18(20)21/h2-9H,1H3,(H2,16,17). The lowest BCUT2D eigenvalue weighted by Gasteiger charge is -2.02. The van der Waals surface area contributed by atoms with E-state index in [0.29, 0.717) is 5.56 Å². The maximum Gasteiger partial charge on any atom is 0.372 e. The Hall–Kier alpha value is -3.22. The van der Waals surface area contributed by atoms with Gasteiger partial charge in [0.1, 0.15) is 5.56 Å². The molecule has 0 saturated carbocycles. The van der Waals surface area contributed by atoms with Gasteiger partial charge in [-0.05, 0) is 13.0 Å². The summed E-state index contributed by atoms with van der Waals surface area (Å²) < 4.78 is 0. The Morgan fingerprint density at radius 1 is 1.18 bits per heavy atom. The first-order chi connectivity index (χ1) is 10.5. The number of nitro benzene ring substituents is 1. The van der Waals surface area contributed by atoms with Gasteiger partial charge in [0.05, 0.1) is 4.92 Å². The van der Waals surface area contributed by atoms with Crippen LogP contribution < -0.4 is 5.73 Å². The average molecular weight is 299 g/mol. The Balaban J connectivity index is 2.17. The zero-order valence-corrected chi connectivity index (χ0v) is 11.7. The van der Waals surface area contributed by atoms with Crippen molar-refractivity contribution >= 4 is 17.5 Å². The summed E-state index contributed by atoms with van der Waals surface area (Å²) in [6, 6.07) is 12.6. The van der Waals surface area contributed by atoms with Crippen LogP contribution in [0, 0.1) is 17.0 Å². The highest BCUT2D eigenvalue weighted by Crippen LogP contribution is 2.18. The summed E-state index contributed by atoms with van der Waals surface area (Å²) in [5.74, 6) is -0.936. The fourth-order valence-corrected chi connectivity index (χ4v) is 1.72. The van der Waals surface area contributed by atoms with Crippen LogP contribution >= 0.6 is 0 Å². The van der Waals surface area contributed by atoms with E-state index in [1.54, 1.807) is 12.1 Å². The molecule has 0 unspecified atom stereocenters. The molecule has 0 bridgehead atoms. The highest BCUT2D eigenvalue weighted by atomic mass is 16.7. The van der Waals surface area contributed by atoms with E-state index >= 15 is 0 Å². The monoisotopic (exact) mass is 299 g/mol. The second-order valence-electron chi connectivity index (χ2n) is 4.50. The molecule has 7 nitrogen and oxygen atoms in total. The van der Waals surface area contributed by atoms with Crippen LogP contribution in [0.5, 0.6) is 0 Å². The number of amidine groups is 1. The molecule has 2 N–H and O–H groups in total. The van der Waals surface area contributed by atoms with Gasteiger partial charge in [0.15, 0.2) is 5.84 Å². The lowest BCUT2D eigenvalue weighted by Crippen LogP contribution is -2.15. The van der Waals surface area contributed by atoms with E-state index in [9.17, 15) is 14.9 Å². The Morgan fingerprint density at radius 3 is 2.45 bits per heavy atom. The molecular weight excluding hydrogens is 286 g/mol. The first-order valence-electron chi connectivity index (χ1n) is 6.34. The zero-order valence-electron chi connectivity index (χ0n) is 11.7. The van der Waals surface area contributed by atoms with E-state index < -0.39 is 10.9 Å². The van der Waals surface area contributed by atoms with E-state index in [4.69, 9.17) is 5.73 Å². The topological polar surface area (TPSA) is 108 Å². The number of hydrogen-bond acceptors (Lipinski definition) is 5. The highest BCUT2D eigenvalue weighted by Gasteiger charge is 2.20. The number of oxime groups is 1. The number of carbonyl (C=O) groups is 1. The zero-order chi connectivity index (χ0) is 16.1. The van der Waals surface area contributed by atoms with Gasteiger partial charge in [0, 0.05) is 11.6 Å². The summed E-state index contributed by atoms with van der Waals surface area (Å²) in [6.07, 6.45) is 0. The van der Waals surface area contributed by atoms with Crippen molar-refractivity contribution in [2.45, 2.75) is 6.92 Å². The summed E-state index contributed by atoms with van der Waals surface area (Å²) in [5.41, 5.74) is 6.80. The molecule has 22 heavy (non-hydrogen) atoms. The maximum atomic E-state index is 11.9. The van der Waals surface area contributed by atoms with Crippen molar-refractivity contribution in [2.75, 3.05) is 0 Å². The summed E-state index contributed by atoms with van der Waals surface area (Å²) in [4.78, 5) is 26.7. The normalized spacial score (nSPS) is 11.0. The fraction of sp³-hybridized carbons (Fsp3) is 0.0667. The lowest BCUT2D eigenvalue weighted by molar-refractivity contribution is -0.385. The van der Waals surface area contributed by atoms with Crippen molar-refractivity contribution in [1.82, 2.24) is 0 Å². The quantitative estimate of drug-likeness (QED) is 0.306. The SMILES string of the molecule is Cc1ccc(/C(N)=N\OC(=O)c2ccccc2[N+](=O)[O-])cc1. The molecule has 112 valence electrons. The van der Waals surface area contributed by atoms with E-state index in [0.717, 1.165) is 5.56 Å². The summed E-state index contributed by atoms with van der Waals surface area (Å²) in [7, 11) is 0. The van der Waals surface area contributed by atoms with Crippen molar-refractivity contribution in [3.05, 3.63) is 75.3 Å². The van der Waals surface area contributed by atoms with Gasteiger partial charge in [0.25, 0.3) is 5.69 Å². The Kier molecular flexibility index (Phi) is 4.47. The minimum atomic E-state index is -0.942. The fourth-order valence-electron chi connectivity index (χ4n) is 1.72. The second kappa shape index (κ2) is 6.49. The Bertz CT molecular complexity index is 739. The van der Waals surface area contributed by atoms with Crippen molar-refractivity contribution < 1.29 is 14.6 Å². The summed E-state index contributed by atoms with van der Waals surface area (Å²) in [5, 5.41) is 14.4. The van der Waals surface area contributed by atoms with Gasteiger partial charge in [-0.3, -0.25) is 10.1 Å². The third-order valence-corrected chi connectivity index (χ3v) is 2.89. The molecule has 0 aliphatic rings. The van der Waals surface area contributed by atoms with Crippen molar-refractivity contribution in [3.8, 4) is 0 Å². The molecule has 7 heteroatoms. The van der Waals surface area contributed by atoms with Crippen LogP contribution in [-0.4, -0.2) is 16.7 Å². The molecule has 2 aromatic rings. The molecule has 0 aromatic heterocycles. The molecule has 2 aromatic carbocycles. The van der Waals surface area contributed by atoms with Crippen LogP contribution in [0.2, 0.25) is 0 Å². The molecular formula is C15H13N3O4.